The molecule has 0 saturated heterocycles. The van der Waals surface area contributed by atoms with Crippen molar-refractivity contribution in [2.45, 2.75) is 158 Å². The van der Waals surface area contributed by atoms with Gasteiger partial charge in [-0.25, -0.2) is 0 Å². The molecule has 4 heteroatoms. The molecule has 4 unspecified atom stereocenters. The Hall–Kier alpha value is -6.78. The lowest BCUT2D eigenvalue weighted by Gasteiger charge is -2.16. The molecule has 0 spiro atoms. The van der Waals surface area contributed by atoms with Crippen LogP contribution in [-0.2, 0) is 0 Å². The van der Waals surface area contributed by atoms with E-state index in [2.05, 4.69) is 237 Å². The Bertz CT molecular complexity index is 2580. The third kappa shape index (κ3) is 20.3. The number of unbranched alkanes of at least 4 members (excludes halogenated alkanes) is 4. The first-order chi connectivity index (χ1) is 40.2. The highest BCUT2D eigenvalue weighted by Gasteiger charge is 2.14. The molecule has 7 aromatic rings. The van der Waals surface area contributed by atoms with Crippen molar-refractivity contribution in [3.63, 3.8) is 0 Å². The minimum atomic E-state index is 0.588. The van der Waals surface area contributed by atoms with Crippen molar-refractivity contribution in [3.05, 3.63) is 180 Å². The molecule has 82 heavy (non-hydrogen) atoms. The van der Waals surface area contributed by atoms with Gasteiger partial charge in [0, 0.05) is 0 Å². The monoisotopic (exact) mass is 1100 g/mol. The summed E-state index contributed by atoms with van der Waals surface area (Å²) in [4.78, 5) is 0. The molecule has 0 bridgehead atoms. The van der Waals surface area contributed by atoms with Crippen molar-refractivity contribution in [2.24, 2.45) is 23.7 Å². The molecule has 434 valence electrons. The molecule has 0 fully saturated rings. The maximum absolute atomic E-state index is 6.33. The van der Waals surface area contributed by atoms with Crippen LogP contribution in [0.25, 0.3) is 68.8 Å². The number of hydrogen-bond acceptors (Lipinski definition) is 4. The number of hydrogen-bond donors (Lipinski definition) is 0. The van der Waals surface area contributed by atoms with Gasteiger partial charge in [-0.15, -0.1) is 0 Å². The minimum absolute atomic E-state index is 0.588. The van der Waals surface area contributed by atoms with Crippen LogP contribution in [-0.4, -0.2) is 26.4 Å². The van der Waals surface area contributed by atoms with Crippen molar-refractivity contribution in [1.82, 2.24) is 0 Å². The molecule has 0 amide bonds. The summed E-state index contributed by atoms with van der Waals surface area (Å²) in [5, 5.41) is 0. The standard InChI is InChI=1S/C78H98O4/c1-9-17-21-59(13-5)55-79-75-41-33-67(34-42-75)71-49-65(50-72(53-71)68-35-43-76(44-36-68)80-56-60(14-6)22-18-10-2)31-29-63-25-27-64(28-26-63)30-32-66-51-73(69-37-45-77(46-38-69)81-57-61(15-7)23-19-11-3)54-74(52-66)70-39-47-78(48-40-70)82-58-62(16-8)24-20-12-4/h25-54,59-62H,9-24,55-58H2,1-8H3. The first-order valence-electron chi connectivity index (χ1n) is 31.9. The summed E-state index contributed by atoms with van der Waals surface area (Å²) in [6.45, 7) is 21.2. The average Bonchev–Trinajstić information content (AvgIpc) is 3.62. The van der Waals surface area contributed by atoms with E-state index in [0.29, 0.717) is 23.7 Å². The number of benzene rings is 7. The van der Waals surface area contributed by atoms with Crippen LogP contribution in [0.2, 0.25) is 0 Å². The first kappa shape index (κ1) is 62.8. The second-order valence-electron chi connectivity index (χ2n) is 23.0. The van der Waals surface area contributed by atoms with Crippen LogP contribution in [0.5, 0.6) is 23.0 Å². The van der Waals surface area contributed by atoms with E-state index >= 15 is 0 Å². The van der Waals surface area contributed by atoms with E-state index < -0.39 is 0 Å². The molecule has 0 aliphatic rings. The van der Waals surface area contributed by atoms with Crippen molar-refractivity contribution in [2.75, 3.05) is 26.4 Å². The number of ether oxygens (including phenoxy) is 4. The quantitative estimate of drug-likeness (QED) is 0.0367. The molecule has 4 nitrogen and oxygen atoms in total. The highest BCUT2D eigenvalue weighted by Crippen LogP contribution is 2.34. The lowest BCUT2D eigenvalue weighted by molar-refractivity contribution is 0.233. The summed E-state index contributed by atoms with van der Waals surface area (Å²) >= 11 is 0. The molecule has 4 atom stereocenters. The maximum Gasteiger partial charge on any atom is 0.119 e. The second-order valence-corrected chi connectivity index (χ2v) is 23.0. The molecule has 0 radical (unpaired) electrons. The van der Waals surface area contributed by atoms with Gasteiger partial charge in [-0.2, -0.15) is 0 Å². The molecule has 0 N–H and O–H groups in total. The summed E-state index contributed by atoms with van der Waals surface area (Å²) in [7, 11) is 0. The van der Waals surface area contributed by atoms with E-state index in [1.54, 1.807) is 0 Å². The Morgan fingerprint density at radius 2 is 0.476 bits per heavy atom. The zero-order valence-electron chi connectivity index (χ0n) is 51.4. The van der Waals surface area contributed by atoms with E-state index in [1.807, 2.05) is 0 Å². The fourth-order valence-electron chi connectivity index (χ4n) is 10.7. The van der Waals surface area contributed by atoms with Crippen molar-refractivity contribution >= 4 is 24.3 Å². The van der Waals surface area contributed by atoms with E-state index in [1.165, 1.54) is 99.3 Å². The van der Waals surface area contributed by atoms with Gasteiger partial charge in [-0.3, -0.25) is 0 Å². The Kier molecular flexibility index (Phi) is 26.5. The van der Waals surface area contributed by atoms with Gasteiger partial charge in [0.05, 0.1) is 26.4 Å². The maximum atomic E-state index is 6.33. The van der Waals surface area contributed by atoms with Crippen molar-refractivity contribution in [1.29, 1.82) is 0 Å². The molecular weight excluding hydrogens is 1000 g/mol. The molecule has 0 heterocycles. The summed E-state index contributed by atoms with van der Waals surface area (Å²) in [5.41, 5.74) is 13.9. The first-order valence-corrected chi connectivity index (χ1v) is 31.9. The molecule has 7 rings (SSSR count). The predicted molar refractivity (Wildman–Crippen MR) is 354 cm³/mol. The van der Waals surface area contributed by atoms with E-state index in [4.69, 9.17) is 18.9 Å². The van der Waals surface area contributed by atoms with Crippen LogP contribution in [0, 0.1) is 23.7 Å². The van der Waals surface area contributed by atoms with Crippen LogP contribution >= 0.6 is 0 Å². The van der Waals surface area contributed by atoms with Crippen molar-refractivity contribution in [3.8, 4) is 67.5 Å². The fraction of sp³-hybridized carbons (Fsp3) is 0.410. The van der Waals surface area contributed by atoms with Crippen LogP contribution < -0.4 is 18.9 Å². The lowest BCUT2D eigenvalue weighted by atomic mass is 9.95. The van der Waals surface area contributed by atoms with Gasteiger partial charge >= 0.3 is 0 Å². The predicted octanol–water partition coefficient (Wildman–Crippen LogP) is 23.1. The largest absolute Gasteiger partial charge is 0.493 e. The van der Waals surface area contributed by atoms with Crippen LogP contribution in [0.3, 0.4) is 0 Å². The molecule has 0 aliphatic heterocycles. The Morgan fingerprint density at radius 1 is 0.256 bits per heavy atom. The van der Waals surface area contributed by atoms with E-state index in [-0.39, 0.29) is 0 Å². The van der Waals surface area contributed by atoms with Gasteiger partial charge in [0.2, 0.25) is 0 Å². The average molecular weight is 1100 g/mol. The van der Waals surface area contributed by atoms with Crippen LogP contribution in [0.4, 0.5) is 0 Å². The van der Waals surface area contributed by atoms with Gasteiger partial charge in [-0.05, 0) is 201 Å². The smallest absolute Gasteiger partial charge is 0.119 e. The van der Waals surface area contributed by atoms with Crippen LogP contribution in [0.1, 0.15) is 180 Å². The van der Waals surface area contributed by atoms with E-state index in [9.17, 15) is 0 Å². The third-order valence-corrected chi connectivity index (χ3v) is 16.7. The topological polar surface area (TPSA) is 36.9 Å². The van der Waals surface area contributed by atoms with Gasteiger partial charge in [0.1, 0.15) is 23.0 Å². The molecule has 7 aromatic carbocycles. The zero-order chi connectivity index (χ0) is 57.7. The summed E-state index contributed by atoms with van der Waals surface area (Å²) in [6.07, 6.45) is 28.3. The third-order valence-electron chi connectivity index (χ3n) is 16.7. The number of rotatable bonds is 36. The Morgan fingerprint density at radius 3 is 0.683 bits per heavy atom. The highest BCUT2D eigenvalue weighted by molar-refractivity contribution is 5.82. The fourth-order valence-corrected chi connectivity index (χ4v) is 10.7. The second kappa shape index (κ2) is 34.6. The van der Waals surface area contributed by atoms with Gasteiger partial charge in [0.25, 0.3) is 0 Å². The van der Waals surface area contributed by atoms with Gasteiger partial charge in [0.15, 0.2) is 0 Å². The Labute approximate surface area is 496 Å². The van der Waals surface area contributed by atoms with E-state index in [0.717, 1.165) is 120 Å². The van der Waals surface area contributed by atoms with Crippen LogP contribution in [0.15, 0.2) is 158 Å². The summed E-state index contributed by atoms with van der Waals surface area (Å²) in [5.74, 6) is 6.06. The van der Waals surface area contributed by atoms with Crippen molar-refractivity contribution < 1.29 is 18.9 Å². The Balaban J connectivity index is 1.11. The van der Waals surface area contributed by atoms with Gasteiger partial charge in [-0.1, -0.05) is 230 Å². The molecule has 0 aliphatic carbocycles. The molecule has 0 aromatic heterocycles. The van der Waals surface area contributed by atoms with Gasteiger partial charge < -0.3 is 18.9 Å². The SMILES string of the molecule is CCCCC(CC)COc1ccc(-c2cc(C=Cc3ccc(C=Cc4cc(-c5ccc(OCC(CC)CCCC)cc5)cc(-c5ccc(OCC(CC)CCCC)cc5)c4)cc3)cc(-c3ccc(OCC(CC)CCCC)cc3)c2)cc1. The molecular formula is C78H98O4. The lowest BCUT2D eigenvalue weighted by Crippen LogP contribution is -2.11. The zero-order valence-corrected chi connectivity index (χ0v) is 51.4. The normalized spacial score (nSPS) is 13.1. The highest BCUT2D eigenvalue weighted by atomic mass is 16.5. The summed E-state index contributed by atoms with van der Waals surface area (Å²) < 4.78 is 25.3. The summed E-state index contributed by atoms with van der Waals surface area (Å²) in [6, 6.07) is 57.3. The minimum Gasteiger partial charge on any atom is -0.493 e. The molecule has 0 saturated carbocycles.